The highest BCUT2D eigenvalue weighted by Gasteiger charge is 2.15. The first kappa shape index (κ1) is 12.6. The van der Waals surface area contributed by atoms with Crippen LogP contribution in [0, 0.1) is 0 Å². The molecular weight excluding hydrogens is 256 g/mol. The van der Waals surface area contributed by atoms with E-state index in [1.165, 1.54) is 11.3 Å². The van der Waals surface area contributed by atoms with E-state index >= 15 is 0 Å². The molecule has 92 valence electrons. The molecule has 1 atom stereocenters. The lowest BCUT2D eigenvalue weighted by atomic mass is 10.2. The topological polar surface area (TPSA) is 38.0 Å². The van der Waals surface area contributed by atoms with Gasteiger partial charge in [-0.3, -0.25) is 4.68 Å². The molecule has 17 heavy (non-hydrogen) atoms. The third-order valence-electron chi connectivity index (χ3n) is 2.54. The third kappa shape index (κ3) is 2.89. The molecule has 2 rings (SSSR count). The van der Waals surface area contributed by atoms with Crippen LogP contribution in [0.5, 0.6) is 0 Å². The van der Waals surface area contributed by atoms with Crippen molar-refractivity contribution in [3.8, 4) is 0 Å². The quantitative estimate of drug-likeness (QED) is 0.924. The molecule has 0 spiro atoms. The molecule has 0 aromatic carbocycles. The van der Waals surface area contributed by atoms with Crippen LogP contribution in [-0.4, -0.2) is 14.9 Å². The molecule has 0 amide bonds. The number of hydrogen-bond donors (Lipinski definition) is 1. The third-order valence-corrected chi connectivity index (χ3v) is 4.00. The number of aliphatic hydroxyl groups excluding tert-OH is 1. The van der Waals surface area contributed by atoms with Crippen LogP contribution >= 0.6 is 22.9 Å². The Morgan fingerprint density at radius 3 is 2.76 bits per heavy atom. The number of thiophene rings is 1. The average Bonchev–Trinajstić information content (AvgIpc) is 2.86. The summed E-state index contributed by atoms with van der Waals surface area (Å²) in [6, 6.07) is 4.08. The van der Waals surface area contributed by atoms with Crippen molar-refractivity contribution in [1.82, 2.24) is 9.78 Å². The number of rotatable bonds is 4. The molecule has 5 heteroatoms. The van der Waals surface area contributed by atoms with Crippen molar-refractivity contribution >= 4 is 22.9 Å². The van der Waals surface area contributed by atoms with Gasteiger partial charge in [-0.1, -0.05) is 11.6 Å². The second-order valence-electron chi connectivity index (χ2n) is 4.23. The molecule has 2 aromatic heterocycles. The van der Waals surface area contributed by atoms with E-state index in [0.29, 0.717) is 17.5 Å². The Labute approximate surface area is 110 Å². The van der Waals surface area contributed by atoms with Crippen molar-refractivity contribution < 1.29 is 5.11 Å². The van der Waals surface area contributed by atoms with Crippen molar-refractivity contribution in [2.75, 3.05) is 0 Å². The highest BCUT2D eigenvalue weighted by molar-refractivity contribution is 7.10. The van der Waals surface area contributed by atoms with Gasteiger partial charge in [0, 0.05) is 18.7 Å². The summed E-state index contributed by atoms with van der Waals surface area (Å²) >= 11 is 7.45. The molecule has 3 nitrogen and oxygen atoms in total. The first-order chi connectivity index (χ1) is 8.08. The minimum absolute atomic E-state index is 0.339. The standard InChI is InChI=1S/C12H15ClN2OS/c1-8(2)15-5-3-9(14-15)7-11(16)12-10(13)4-6-17-12/h3-6,8,11,16H,7H2,1-2H3. The van der Waals surface area contributed by atoms with Crippen LogP contribution in [0.15, 0.2) is 23.7 Å². The Hall–Kier alpha value is -0.840. The molecule has 0 aliphatic carbocycles. The van der Waals surface area contributed by atoms with Crippen LogP contribution in [0.25, 0.3) is 0 Å². The Morgan fingerprint density at radius 2 is 2.24 bits per heavy atom. The second-order valence-corrected chi connectivity index (χ2v) is 5.59. The molecule has 0 fully saturated rings. The first-order valence-corrected chi connectivity index (χ1v) is 6.78. The highest BCUT2D eigenvalue weighted by atomic mass is 35.5. The maximum Gasteiger partial charge on any atom is 0.0952 e. The predicted octanol–water partition coefficient (Wildman–Crippen LogP) is 3.46. The molecule has 0 bridgehead atoms. The molecule has 0 saturated carbocycles. The van der Waals surface area contributed by atoms with Crippen molar-refractivity contribution in [2.24, 2.45) is 0 Å². The van der Waals surface area contributed by atoms with E-state index in [-0.39, 0.29) is 0 Å². The zero-order valence-electron chi connectivity index (χ0n) is 9.80. The van der Waals surface area contributed by atoms with E-state index in [0.717, 1.165) is 10.6 Å². The van der Waals surface area contributed by atoms with Crippen molar-refractivity contribution in [2.45, 2.75) is 32.4 Å². The molecular formula is C12H15ClN2OS. The molecule has 0 saturated heterocycles. The van der Waals surface area contributed by atoms with E-state index in [2.05, 4.69) is 18.9 Å². The minimum Gasteiger partial charge on any atom is -0.387 e. The monoisotopic (exact) mass is 270 g/mol. The van der Waals surface area contributed by atoms with Crippen LogP contribution in [0.2, 0.25) is 5.02 Å². The number of nitrogens with zero attached hydrogens (tertiary/aromatic N) is 2. The van der Waals surface area contributed by atoms with E-state index in [1.807, 2.05) is 22.3 Å². The predicted molar refractivity (Wildman–Crippen MR) is 70.6 cm³/mol. The average molecular weight is 271 g/mol. The van der Waals surface area contributed by atoms with E-state index in [4.69, 9.17) is 11.6 Å². The zero-order valence-corrected chi connectivity index (χ0v) is 11.4. The molecule has 0 aliphatic heterocycles. The van der Waals surface area contributed by atoms with Crippen LogP contribution < -0.4 is 0 Å². The van der Waals surface area contributed by atoms with Gasteiger partial charge in [-0.25, -0.2) is 0 Å². The molecule has 1 N–H and O–H groups in total. The van der Waals surface area contributed by atoms with Gasteiger partial charge in [-0.2, -0.15) is 5.10 Å². The Balaban J connectivity index is 2.08. The number of halogens is 1. The lowest BCUT2D eigenvalue weighted by molar-refractivity contribution is 0.180. The van der Waals surface area contributed by atoms with Gasteiger partial charge in [-0.15, -0.1) is 11.3 Å². The molecule has 0 radical (unpaired) electrons. The maximum absolute atomic E-state index is 10.1. The van der Waals surface area contributed by atoms with Gasteiger partial charge in [-0.05, 0) is 31.4 Å². The summed E-state index contributed by atoms with van der Waals surface area (Å²) in [5.74, 6) is 0. The van der Waals surface area contributed by atoms with E-state index in [9.17, 15) is 5.11 Å². The van der Waals surface area contributed by atoms with Gasteiger partial charge in [0.2, 0.25) is 0 Å². The SMILES string of the molecule is CC(C)n1ccc(CC(O)c2sccc2Cl)n1. The molecule has 1 unspecified atom stereocenters. The van der Waals surface area contributed by atoms with E-state index < -0.39 is 6.10 Å². The second kappa shape index (κ2) is 5.21. The van der Waals surface area contributed by atoms with Gasteiger partial charge in [0.15, 0.2) is 0 Å². The van der Waals surface area contributed by atoms with Gasteiger partial charge < -0.3 is 5.11 Å². The normalized spacial score (nSPS) is 13.2. The fourth-order valence-corrected chi connectivity index (χ4v) is 2.78. The first-order valence-electron chi connectivity index (χ1n) is 5.53. The summed E-state index contributed by atoms with van der Waals surface area (Å²) in [5.41, 5.74) is 0.885. The van der Waals surface area contributed by atoms with Crippen LogP contribution in [0.3, 0.4) is 0 Å². The van der Waals surface area contributed by atoms with Gasteiger partial charge in [0.05, 0.1) is 21.7 Å². The summed E-state index contributed by atoms with van der Waals surface area (Å²) in [4.78, 5) is 0.811. The molecule has 2 heterocycles. The highest BCUT2D eigenvalue weighted by Crippen LogP contribution is 2.30. The van der Waals surface area contributed by atoms with Gasteiger partial charge in [0.25, 0.3) is 0 Å². The number of aromatic nitrogens is 2. The van der Waals surface area contributed by atoms with Crippen LogP contribution in [0.4, 0.5) is 0 Å². The van der Waals surface area contributed by atoms with Crippen molar-refractivity contribution in [1.29, 1.82) is 0 Å². The smallest absolute Gasteiger partial charge is 0.0952 e. The van der Waals surface area contributed by atoms with Crippen molar-refractivity contribution in [3.05, 3.63) is 39.3 Å². The van der Waals surface area contributed by atoms with E-state index in [1.54, 1.807) is 6.07 Å². The summed E-state index contributed by atoms with van der Waals surface area (Å²) in [6.45, 7) is 4.15. The Kier molecular flexibility index (Phi) is 3.86. The summed E-state index contributed by atoms with van der Waals surface area (Å²) < 4.78 is 1.89. The maximum atomic E-state index is 10.1. The summed E-state index contributed by atoms with van der Waals surface area (Å²) in [7, 11) is 0. The Morgan fingerprint density at radius 1 is 1.47 bits per heavy atom. The molecule has 2 aromatic rings. The summed E-state index contributed by atoms with van der Waals surface area (Å²) in [6.07, 6.45) is 1.86. The Bertz CT molecular complexity index is 492. The van der Waals surface area contributed by atoms with Crippen molar-refractivity contribution in [3.63, 3.8) is 0 Å². The minimum atomic E-state index is -0.571. The number of hydrogen-bond acceptors (Lipinski definition) is 3. The fourth-order valence-electron chi connectivity index (χ4n) is 1.61. The fraction of sp³-hybridized carbons (Fsp3) is 0.417. The molecule has 0 aliphatic rings. The lowest BCUT2D eigenvalue weighted by Crippen LogP contribution is -2.04. The summed E-state index contributed by atoms with van der Waals surface area (Å²) in [5, 5.41) is 17.0. The van der Waals surface area contributed by atoms with Crippen LogP contribution in [0.1, 0.15) is 36.6 Å². The lowest BCUT2D eigenvalue weighted by Gasteiger charge is -2.08. The number of aliphatic hydroxyl groups is 1. The van der Waals surface area contributed by atoms with Gasteiger partial charge >= 0.3 is 0 Å². The van der Waals surface area contributed by atoms with Crippen LogP contribution in [-0.2, 0) is 6.42 Å². The van der Waals surface area contributed by atoms with Gasteiger partial charge in [0.1, 0.15) is 0 Å². The zero-order chi connectivity index (χ0) is 12.4. The largest absolute Gasteiger partial charge is 0.387 e.